The van der Waals surface area contributed by atoms with Gasteiger partial charge in [0.2, 0.25) is 0 Å². The van der Waals surface area contributed by atoms with Crippen molar-refractivity contribution in [2.75, 3.05) is 18.5 Å². The van der Waals surface area contributed by atoms with E-state index in [2.05, 4.69) is 0 Å². The van der Waals surface area contributed by atoms with E-state index >= 15 is 0 Å². The van der Waals surface area contributed by atoms with E-state index < -0.39 is 21.6 Å². The van der Waals surface area contributed by atoms with Gasteiger partial charge in [-0.15, -0.1) is 0 Å². The summed E-state index contributed by atoms with van der Waals surface area (Å²) in [4.78, 5) is 19.6. The Hall–Kier alpha value is -1.64. The van der Waals surface area contributed by atoms with E-state index in [1.54, 1.807) is 12.1 Å². The highest BCUT2D eigenvalue weighted by molar-refractivity contribution is 7.89. The third kappa shape index (κ3) is 3.17. The predicted molar refractivity (Wildman–Crippen MR) is 76.5 cm³/mol. The molecule has 2 N–H and O–H groups in total. The summed E-state index contributed by atoms with van der Waals surface area (Å²) in [5.41, 5.74) is 0.291. The van der Waals surface area contributed by atoms with E-state index in [1.165, 1.54) is 19.9 Å². The first-order chi connectivity index (χ1) is 9.63. The van der Waals surface area contributed by atoms with Crippen LogP contribution in [-0.2, 0) is 26.1 Å². The number of carboxylic acids is 1. The molecule has 0 saturated heterocycles. The van der Waals surface area contributed by atoms with Crippen molar-refractivity contribution in [1.82, 2.24) is 4.89 Å². The molecule has 2 rings (SSSR count). The van der Waals surface area contributed by atoms with E-state index in [9.17, 15) is 13.2 Å². The lowest BCUT2D eigenvalue weighted by Gasteiger charge is -2.20. The zero-order valence-corrected chi connectivity index (χ0v) is 12.9. The van der Waals surface area contributed by atoms with Crippen molar-refractivity contribution in [2.45, 2.75) is 30.8 Å². The van der Waals surface area contributed by atoms with Crippen LogP contribution in [-0.4, -0.2) is 38.7 Å². The van der Waals surface area contributed by atoms with E-state index in [-0.39, 0.29) is 4.90 Å². The lowest BCUT2D eigenvalue weighted by molar-refractivity contribution is -0.165. The molecule has 0 spiro atoms. The lowest BCUT2D eigenvalue weighted by Crippen LogP contribution is -2.41. The molecule has 0 aromatic heterocycles. The smallest absolute Gasteiger partial charge is 0.337 e. The zero-order chi connectivity index (χ0) is 15.8. The fourth-order valence-corrected chi connectivity index (χ4v) is 2.87. The standard InChI is InChI=1S/C13H18N2O5S/c1-13(2,12(16)17)20-14-21(18,19)10-5-4-9-6-7-15(3)11(9)8-10/h4-5,8,14H,6-7H2,1-3H3,(H,16,17). The molecule has 0 fully saturated rings. The zero-order valence-electron chi connectivity index (χ0n) is 12.1. The molecular weight excluding hydrogens is 296 g/mol. The molecule has 0 amide bonds. The summed E-state index contributed by atoms with van der Waals surface area (Å²) in [5, 5.41) is 8.90. The van der Waals surface area contributed by atoms with E-state index in [1.807, 2.05) is 16.8 Å². The highest BCUT2D eigenvalue weighted by Crippen LogP contribution is 2.29. The Morgan fingerprint density at radius 2 is 2.10 bits per heavy atom. The van der Waals surface area contributed by atoms with E-state index in [0.29, 0.717) is 0 Å². The number of rotatable bonds is 5. The second-order valence-electron chi connectivity index (χ2n) is 5.47. The number of likely N-dealkylation sites (N-methyl/N-ethyl adjacent to an activating group) is 1. The fraction of sp³-hybridized carbons (Fsp3) is 0.462. The Balaban J connectivity index is 2.21. The molecule has 8 heteroatoms. The lowest BCUT2D eigenvalue weighted by atomic mass is 10.1. The van der Waals surface area contributed by atoms with Crippen molar-refractivity contribution in [3.8, 4) is 0 Å². The topological polar surface area (TPSA) is 95.9 Å². The first-order valence-electron chi connectivity index (χ1n) is 6.41. The summed E-state index contributed by atoms with van der Waals surface area (Å²) in [6.07, 6.45) is 0.877. The SMILES string of the molecule is CN1CCc2ccc(S(=O)(=O)NOC(C)(C)C(=O)O)cc21. The maximum Gasteiger partial charge on any atom is 0.337 e. The molecule has 1 heterocycles. The molecule has 1 aliphatic heterocycles. The molecule has 1 aromatic carbocycles. The first kappa shape index (κ1) is 15.7. The van der Waals surface area contributed by atoms with E-state index in [0.717, 1.165) is 24.2 Å². The molecule has 1 aromatic rings. The predicted octanol–water partition coefficient (Wildman–Crippen LogP) is 0.752. The largest absolute Gasteiger partial charge is 0.479 e. The van der Waals surface area contributed by atoms with Crippen LogP contribution in [0.4, 0.5) is 5.69 Å². The number of carboxylic acid groups (broad SMARTS) is 1. The maximum absolute atomic E-state index is 12.2. The molecule has 1 aliphatic rings. The molecule has 0 radical (unpaired) electrons. The van der Waals surface area contributed by atoms with Gasteiger partial charge >= 0.3 is 5.97 Å². The van der Waals surface area contributed by atoms with Gasteiger partial charge in [0, 0.05) is 19.3 Å². The fourth-order valence-electron chi connectivity index (χ4n) is 1.94. The number of nitrogens with one attached hydrogen (secondary N) is 1. The quantitative estimate of drug-likeness (QED) is 0.779. The van der Waals surface area contributed by atoms with Gasteiger partial charge in [-0.3, -0.25) is 4.84 Å². The summed E-state index contributed by atoms with van der Waals surface area (Å²) in [6, 6.07) is 4.80. The molecule has 0 unspecified atom stereocenters. The summed E-state index contributed by atoms with van der Waals surface area (Å²) in [7, 11) is -2.05. The van der Waals surface area contributed by atoms with Crippen LogP contribution in [0.15, 0.2) is 23.1 Å². The number of benzene rings is 1. The number of sulfonamides is 1. The van der Waals surface area contributed by atoms with Crippen molar-refractivity contribution < 1.29 is 23.2 Å². The van der Waals surface area contributed by atoms with Gasteiger partial charge in [0.05, 0.1) is 4.90 Å². The van der Waals surface area contributed by atoms with Crippen molar-refractivity contribution in [2.24, 2.45) is 0 Å². The van der Waals surface area contributed by atoms with Crippen LogP contribution < -0.4 is 9.79 Å². The Morgan fingerprint density at radius 1 is 1.43 bits per heavy atom. The first-order valence-corrected chi connectivity index (χ1v) is 7.89. The van der Waals surface area contributed by atoms with Gasteiger partial charge in [0.1, 0.15) is 0 Å². The average Bonchev–Trinajstić information content (AvgIpc) is 2.78. The Labute approximate surface area is 123 Å². The molecule has 0 atom stereocenters. The maximum atomic E-state index is 12.2. The Kier molecular flexibility index (Phi) is 3.96. The minimum absolute atomic E-state index is 0.0381. The molecular formula is C13H18N2O5S. The number of hydrogen-bond acceptors (Lipinski definition) is 5. The third-order valence-corrected chi connectivity index (χ3v) is 4.59. The summed E-state index contributed by atoms with van der Waals surface area (Å²) < 4.78 is 24.3. The van der Waals surface area contributed by atoms with Crippen LogP contribution in [0.2, 0.25) is 0 Å². The number of nitrogens with zero attached hydrogens (tertiary/aromatic N) is 1. The molecule has 0 saturated carbocycles. The van der Waals surface area contributed by atoms with Crippen LogP contribution in [0.5, 0.6) is 0 Å². The normalized spacial score (nSPS) is 15.1. The second-order valence-corrected chi connectivity index (χ2v) is 7.11. The monoisotopic (exact) mass is 314 g/mol. The molecule has 7 nitrogen and oxygen atoms in total. The molecule has 21 heavy (non-hydrogen) atoms. The minimum atomic E-state index is -3.93. The van der Waals surface area contributed by atoms with Gasteiger partial charge in [-0.2, -0.15) is 0 Å². The van der Waals surface area contributed by atoms with Gasteiger partial charge in [-0.1, -0.05) is 11.0 Å². The van der Waals surface area contributed by atoms with Crippen LogP contribution in [0, 0.1) is 0 Å². The van der Waals surface area contributed by atoms with Crippen LogP contribution in [0.3, 0.4) is 0 Å². The van der Waals surface area contributed by atoms with E-state index in [4.69, 9.17) is 9.94 Å². The van der Waals surface area contributed by atoms with Crippen LogP contribution in [0.1, 0.15) is 19.4 Å². The summed E-state index contributed by atoms with van der Waals surface area (Å²) in [5.74, 6) is -1.26. The number of aliphatic carboxylic acids is 1. The Bertz CT molecular complexity index is 669. The van der Waals surface area contributed by atoms with Gasteiger partial charge in [-0.05, 0) is 38.0 Å². The van der Waals surface area contributed by atoms with Crippen molar-refractivity contribution in [3.63, 3.8) is 0 Å². The third-order valence-electron chi connectivity index (χ3n) is 3.42. The second kappa shape index (κ2) is 5.28. The minimum Gasteiger partial charge on any atom is -0.479 e. The Morgan fingerprint density at radius 3 is 2.71 bits per heavy atom. The number of anilines is 1. The van der Waals surface area contributed by atoms with Crippen molar-refractivity contribution in [1.29, 1.82) is 0 Å². The average molecular weight is 314 g/mol. The number of fused-ring (bicyclic) bond motifs is 1. The highest BCUT2D eigenvalue weighted by Gasteiger charge is 2.31. The highest BCUT2D eigenvalue weighted by atomic mass is 32.2. The molecule has 0 bridgehead atoms. The number of hydrogen-bond donors (Lipinski definition) is 2. The molecule has 116 valence electrons. The van der Waals surface area contributed by atoms with Crippen LogP contribution >= 0.6 is 0 Å². The van der Waals surface area contributed by atoms with Crippen molar-refractivity contribution in [3.05, 3.63) is 23.8 Å². The molecule has 0 aliphatic carbocycles. The van der Waals surface area contributed by atoms with Gasteiger partial charge < -0.3 is 10.0 Å². The van der Waals surface area contributed by atoms with Crippen LogP contribution in [0.25, 0.3) is 0 Å². The van der Waals surface area contributed by atoms with Gasteiger partial charge in [0.25, 0.3) is 10.0 Å². The van der Waals surface area contributed by atoms with Gasteiger partial charge in [-0.25, -0.2) is 13.2 Å². The summed E-state index contributed by atoms with van der Waals surface area (Å²) >= 11 is 0. The van der Waals surface area contributed by atoms with Crippen molar-refractivity contribution >= 4 is 21.7 Å². The number of carbonyl (C=O) groups is 1. The van der Waals surface area contributed by atoms with Gasteiger partial charge in [0.15, 0.2) is 5.60 Å². The summed E-state index contributed by atoms with van der Waals surface area (Å²) in [6.45, 7) is 3.36.